The van der Waals surface area contributed by atoms with Crippen molar-refractivity contribution in [3.05, 3.63) is 0 Å². The van der Waals surface area contributed by atoms with Crippen molar-refractivity contribution in [3.63, 3.8) is 0 Å². The molecule has 0 aromatic heterocycles. The molecule has 0 unspecified atom stereocenters. The van der Waals surface area contributed by atoms with Gasteiger partial charge in [-0.05, 0) is 33.6 Å². The third-order valence-electron chi connectivity index (χ3n) is 6.46. The highest BCUT2D eigenvalue weighted by Crippen LogP contribution is 2.21. The predicted molar refractivity (Wildman–Crippen MR) is 112 cm³/mol. The quantitative estimate of drug-likeness (QED) is 0.221. The van der Waals surface area contributed by atoms with Crippen LogP contribution in [0.4, 0.5) is 0 Å². The Bertz CT molecular complexity index is 309. The van der Waals surface area contributed by atoms with Crippen LogP contribution >= 0.6 is 0 Å². The molecule has 0 spiro atoms. The molecule has 0 saturated carbocycles. The number of unbranched alkanes of at least 4 members (excludes halogenated alkanes) is 10. The molecule has 156 valence electrons. The van der Waals surface area contributed by atoms with Crippen LogP contribution in [0.1, 0.15) is 105 Å². The largest absolute Gasteiger partial charge is 0.350 e. The van der Waals surface area contributed by atoms with Crippen LogP contribution in [0.15, 0.2) is 0 Å². The molecular weight excluding hydrogens is 322 g/mol. The Morgan fingerprint density at radius 3 is 1.69 bits per heavy atom. The summed E-state index contributed by atoms with van der Waals surface area (Å²) in [6.45, 7) is 14.7. The van der Waals surface area contributed by atoms with E-state index < -0.39 is 0 Å². The molecule has 1 aliphatic rings. The van der Waals surface area contributed by atoms with Crippen LogP contribution in [0.3, 0.4) is 0 Å². The van der Waals surface area contributed by atoms with E-state index in [-0.39, 0.29) is 6.29 Å². The second kappa shape index (κ2) is 14.9. The van der Waals surface area contributed by atoms with Crippen molar-refractivity contribution in [1.29, 1.82) is 0 Å². The summed E-state index contributed by atoms with van der Waals surface area (Å²) in [5.41, 5.74) is 0. The molecule has 26 heavy (non-hydrogen) atoms. The maximum Gasteiger partial charge on any atom is 0.158 e. The van der Waals surface area contributed by atoms with Gasteiger partial charge >= 0.3 is 0 Å². The van der Waals surface area contributed by atoms with Crippen LogP contribution < -0.4 is 0 Å². The van der Waals surface area contributed by atoms with Gasteiger partial charge in [0.15, 0.2) is 6.29 Å². The molecule has 1 rings (SSSR count). The summed E-state index contributed by atoms with van der Waals surface area (Å²) < 4.78 is 13.2. The van der Waals surface area contributed by atoms with Gasteiger partial charge in [-0.25, -0.2) is 0 Å². The van der Waals surface area contributed by atoms with Gasteiger partial charge in [0.25, 0.3) is 0 Å². The van der Waals surface area contributed by atoms with Crippen molar-refractivity contribution in [2.45, 2.75) is 117 Å². The highest BCUT2D eigenvalue weighted by atomic mass is 16.7. The van der Waals surface area contributed by atoms with Crippen molar-refractivity contribution in [2.24, 2.45) is 0 Å². The van der Waals surface area contributed by atoms with E-state index in [1.165, 1.54) is 90.3 Å². The summed E-state index contributed by atoms with van der Waals surface area (Å²) in [5.74, 6) is 0. The lowest BCUT2D eigenvalue weighted by Gasteiger charge is -2.37. The molecule has 1 aliphatic heterocycles. The van der Waals surface area contributed by atoms with E-state index >= 15 is 0 Å². The molecule has 2 atom stereocenters. The number of rotatable bonds is 17. The summed E-state index contributed by atoms with van der Waals surface area (Å²) in [4.78, 5) is 0. The summed E-state index contributed by atoms with van der Waals surface area (Å²) in [6.07, 6.45) is 16.8. The normalized spacial score (nSPS) is 20.8. The third-order valence-corrected chi connectivity index (χ3v) is 6.46. The fourth-order valence-electron chi connectivity index (χ4n) is 4.22. The molecule has 0 aromatic carbocycles. The molecular formula is C23H48NO2+. The second-order valence-electron chi connectivity index (χ2n) is 8.32. The summed E-state index contributed by atoms with van der Waals surface area (Å²) in [5, 5.41) is 0. The smallest absolute Gasteiger partial charge is 0.158 e. The van der Waals surface area contributed by atoms with Crippen molar-refractivity contribution >= 4 is 0 Å². The van der Waals surface area contributed by atoms with Crippen LogP contribution in [0, 0.1) is 0 Å². The van der Waals surface area contributed by atoms with Crippen LogP contribution in [-0.4, -0.2) is 49.7 Å². The summed E-state index contributed by atoms with van der Waals surface area (Å²) in [7, 11) is 0. The maximum absolute atomic E-state index is 6.18. The highest BCUT2D eigenvalue weighted by Gasteiger charge is 2.33. The van der Waals surface area contributed by atoms with E-state index in [1.807, 2.05) is 0 Å². The Labute approximate surface area is 164 Å². The average molecular weight is 371 g/mol. The summed E-state index contributed by atoms with van der Waals surface area (Å²) >= 11 is 0. The molecule has 3 heteroatoms. The van der Waals surface area contributed by atoms with Gasteiger partial charge in [-0.2, -0.15) is 0 Å². The first-order valence-corrected chi connectivity index (χ1v) is 11.8. The number of quaternary nitrogens is 1. The lowest BCUT2D eigenvalue weighted by atomic mass is 10.1. The SMILES string of the molecule is CCCCCCCCCCCCC[C@@H]1OC[C@H](C[N+](CC)(CC)CC)O1. The van der Waals surface area contributed by atoms with Gasteiger partial charge < -0.3 is 14.0 Å². The maximum atomic E-state index is 6.18. The lowest BCUT2D eigenvalue weighted by Crippen LogP contribution is -2.52. The van der Waals surface area contributed by atoms with Gasteiger partial charge in [0.05, 0.1) is 26.2 Å². The van der Waals surface area contributed by atoms with E-state index in [0.29, 0.717) is 6.10 Å². The average Bonchev–Trinajstić information content (AvgIpc) is 3.11. The first-order valence-electron chi connectivity index (χ1n) is 11.8. The lowest BCUT2D eigenvalue weighted by molar-refractivity contribution is -0.925. The Kier molecular flexibility index (Phi) is 13.7. The minimum absolute atomic E-state index is 0.0611. The van der Waals surface area contributed by atoms with E-state index in [4.69, 9.17) is 9.47 Å². The topological polar surface area (TPSA) is 18.5 Å². The van der Waals surface area contributed by atoms with Crippen molar-refractivity contribution in [1.82, 2.24) is 0 Å². The van der Waals surface area contributed by atoms with Crippen LogP contribution in [0.2, 0.25) is 0 Å². The fraction of sp³-hybridized carbons (Fsp3) is 1.00. The molecule has 1 heterocycles. The first kappa shape index (κ1) is 23.9. The van der Waals surface area contributed by atoms with Gasteiger partial charge in [0, 0.05) is 0 Å². The van der Waals surface area contributed by atoms with Gasteiger partial charge in [-0.3, -0.25) is 0 Å². The van der Waals surface area contributed by atoms with Crippen LogP contribution in [0.5, 0.6) is 0 Å². The van der Waals surface area contributed by atoms with E-state index in [1.54, 1.807) is 0 Å². The zero-order valence-corrected chi connectivity index (χ0v) is 18.4. The minimum atomic E-state index is 0.0611. The monoisotopic (exact) mass is 370 g/mol. The zero-order chi connectivity index (χ0) is 19.1. The zero-order valence-electron chi connectivity index (χ0n) is 18.4. The van der Waals surface area contributed by atoms with Gasteiger partial charge in [0.2, 0.25) is 0 Å². The van der Waals surface area contributed by atoms with E-state index in [9.17, 15) is 0 Å². The van der Waals surface area contributed by atoms with E-state index in [2.05, 4.69) is 27.7 Å². The standard InChI is InChI=1S/C23H48NO2/c1-5-9-10-11-12-13-14-15-16-17-18-19-23-25-21-22(26-23)20-24(6-2,7-3)8-4/h22-23H,5-21H2,1-4H3/q+1/t22-,23+/m0/s1. The van der Waals surface area contributed by atoms with E-state index in [0.717, 1.165) is 24.1 Å². The molecule has 0 amide bonds. The first-order chi connectivity index (χ1) is 12.7. The molecule has 0 bridgehead atoms. The molecule has 0 aliphatic carbocycles. The molecule has 1 fully saturated rings. The molecule has 0 radical (unpaired) electrons. The third kappa shape index (κ3) is 9.71. The Morgan fingerprint density at radius 2 is 1.19 bits per heavy atom. The van der Waals surface area contributed by atoms with Crippen LogP contribution in [0.25, 0.3) is 0 Å². The predicted octanol–water partition coefficient (Wildman–Crippen LogP) is 6.31. The van der Waals surface area contributed by atoms with Gasteiger partial charge in [-0.15, -0.1) is 0 Å². The Balaban J connectivity index is 1.98. The number of hydrogen-bond acceptors (Lipinski definition) is 2. The molecule has 3 nitrogen and oxygen atoms in total. The minimum Gasteiger partial charge on any atom is -0.350 e. The fourth-order valence-corrected chi connectivity index (χ4v) is 4.22. The van der Waals surface area contributed by atoms with Crippen molar-refractivity contribution in [3.8, 4) is 0 Å². The molecule has 1 saturated heterocycles. The highest BCUT2D eigenvalue weighted by molar-refractivity contribution is 4.66. The molecule has 0 N–H and O–H groups in total. The summed E-state index contributed by atoms with van der Waals surface area (Å²) in [6, 6.07) is 0. The number of ether oxygens (including phenoxy) is 2. The van der Waals surface area contributed by atoms with Gasteiger partial charge in [0.1, 0.15) is 12.6 Å². The van der Waals surface area contributed by atoms with Gasteiger partial charge in [-0.1, -0.05) is 71.1 Å². The van der Waals surface area contributed by atoms with Crippen molar-refractivity contribution < 1.29 is 14.0 Å². The molecule has 0 aromatic rings. The van der Waals surface area contributed by atoms with Crippen LogP contribution in [-0.2, 0) is 9.47 Å². The number of hydrogen-bond donors (Lipinski definition) is 0. The number of nitrogens with zero attached hydrogens (tertiary/aromatic N) is 1. The number of likely N-dealkylation sites (N-methyl/N-ethyl adjacent to an activating group) is 1. The Morgan fingerprint density at radius 1 is 0.692 bits per heavy atom. The second-order valence-corrected chi connectivity index (χ2v) is 8.32. The van der Waals surface area contributed by atoms with Crippen molar-refractivity contribution in [2.75, 3.05) is 32.8 Å². The Hall–Kier alpha value is -0.120.